The second-order valence-electron chi connectivity index (χ2n) is 7.41. The number of nitrogen functional groups attached to an aromatic ring is 1. The molecule has 1 fully saturated rings. The van der Waals surface area contributed by atoms with Crippen molar-refractivity contribution < 1.29 is 18.4 Å². The first-order valence-corrected chi connectivity index (χ1v) is 9.98. The van der Waals surface area contributed by atoms with E-state index in [1.807, 2.05) is 6.07 Å². The molecule has 2 aromatic carbocycles. The zero-order valence-electron chi connectivity index (χ0n) is 16.6. The lowest BCUT2D eigenvalue weighted by molar-refractivity contribution is 0.189. The first kappa shape index (κ1) is 19.5. The molecule has 1 aromatic heterocycles. The zero-order chi connectivity index (χ0) is 20.2. The van der Waals surface area contributed by atoms with Crippen LogP contribution in [-0.4, -0.2) is 43.4 Å². The third-order valence-corrected chi connectivity index (χ3v) is 5.51. The lowest BCUT2D eigenvalue weighted by Gasteiger charge is -2.31. The van der Waals surface area contributed by atoms with Crippen LogP contribution in [0.2, 0.25) is 0 Å². The summed E-state index contributed by atoms with van der Waals surface area (Å²) in [6.07, 6.45) is 2.80. The summed E-state index contributed by atoms with van der Waals surface area (Å²) in [6.45, 7) is 3.45. The minimum Gasteiger partial charge on any atom is -0.493 e. The Kier molecular flexibility index (Phi) is 5.85. The van der Waals surface area contributed by atoms with E-state index in [1.165, 1.54) is 6.07 Å². The van der Waals surface area contributed by atoms with E-state index >= 15 is 0 Å². The number of hydrogen-bond donors (Lipinski definition) is 1. The lowest BCUT2D eigenvalue weighted by atomic mass is 9.91. The van der Waals surface area contributed by atoms with E-state index in [-0.39, 0.29) is 11.7 Å². The Morgan fingerprint density at radius 1 is 1.21 bits per heavy atom. The number of fused-ring (bicyclic) bond motifs is 1. The fourth-order valence-electron chi connectivity index (χ4n) is 3.96. The summed E-state index contributed by atoms with van der Waals surface area (Å²) in [5, 5.41) is 4.70. The fraction of sp³-hybridized carbons (Fsp3) is 0.409. The molecule has 1 saturated heterocycles. The molecule has 2 heterocycles. The molecule has 0 unspecified atom stereocenters. The number of methoxy groups -OCH3 is 1. The van der Waals surface area contributed by atoms with Gasteiger partial charge in [0.15, 0.2) is 17.1 Å². The van der Waals surface area contributed by atoms with Gasteiger partial charge in [0.25, 0.3) is 0 Å². The maximum atomic E-state index is 14.2. The number of nitrogens with zero attached hydrogens (tertiary/aromatic N) is 2. The molecule has 6 nitrogen and oxygen atoms in total. The molecule has 3 aromatic rings. The van der Waals surface area contributed by atoms with Crippen LogP contribution in [0.5, 0.6) is 11.5 Å². The van der Waals surface area contributed by atoms with Gasteiger partial charge in [0.2, 0.25) is 0 Å². The molecule has 0 atom stereocenters. The van der Waals surface area contributed by atoms with Crippen molar-refractivity contribution in [3.05, 3.63) is 47.9 Å². The number of ether oxygens (including phenoxy) is 2. The number of hydrogen-bond acceptors (Lipinski definition) is 6. The van der Waals surface area contributed by atoms with Crippen molar-refractivity contribution in [2.24, 2.45) is 0 Å². The average Bonchev–Trinajstić information content (AvgIpc) is 3.17. The third-order valence-electron chi connectivity index (χ3n) is 5.51. The van der Waals surface area contributed by atoms with E-state index in [0.29, 0.717) is 34.8 Å². The molecule has 29 heavy (non-hydrogen) atoms. The molecule has 0 bridgehead atoms. The highest BCUT2D eigenvalue weighted by Gasteiger charge is 2.26. The highest BCUT2D eigenvalue weighted by Crippen LogP contribution is 2.34. The molecule has 1 aliphatic rings. The highest BCUT2D eigenvalue weighted by atomic mass is 19.1. The topological polar surface area (TPSA) is 73.8 Å². The Balaban J connectivity index is 1.26. The normalized spacial score (nSPS) is 15.7. The van der Waals surface area contributed by atoms with Crippen molar-refractivity contribution in [1.29, 1.82) is 0 Å². The molecule has 2 N–H and O–H groups in total. The number of likely N-dealkylation sites (tertiary alicyclic amines) is 1. The highest BCUT2D eigenvalue weighted by molar-refractivity contribution is 5.80. The van der Waals surface area contributed by atoms with Crippen LogP contribution in [0.4, 0.5) is 10.1 Å². The van der Waals surface area contributed by atoms with Crippen molar-refractivity contribution in [3.63, 3.8) is 0 Å². The molecule has 4 rings (SSSR count). The van der Waals surface area contributed by atoms with Crippen molar-refractivity contribution in [3.8, 4) is 11.5 Å². The Bertz CT molecular complexity index is 967. The van der Waals surface area contributed by atoms with Crippen molar-refractivity contribution in [1.82, 2.24) is 10.1 Å². The van der Waals surface area contributed by atoms with Crippen LogP contribution in [0.25, 0.3) is 11.0 Å². The monoisotopic (exact) mass is 399 g/mol. The van der Waals surface area contributed by atoms with E-state index in [4.69, 9.17) is 19.7 Å². The van der Waals surface area contributed by atoms with Crippen LogP contribution in [0.1, 0.15) is 30.9 Å². The van der Waals surface area contributed by atoms with Gasteiger partial charge in [-0.25, -0.2) is 4.39 Å². The van der Waals surface area contributed by atoms with Gasteiger partial charge in [-0.2, -0.15) is 0 Å². The molecule has 0 radical (unpaired) electrons. The van der Waals surface area contributed by atoms with E-state index < -0.39 is 0 Å². The molecule has 0 amide bonds. The second kappa shape index (κ2) is 8.69. The smallest absolute Gasteiger partial charge is 0.170 e. The second-order valence-corrected chi connectivity index (χ2v) is 7.41. The van der Waals surface area contributed by atoms with E-state index in [2.05, 4.69) is 10.1 Å². The largest absolute Gasteiger partial charge is 0.493 e. The van der Waals surface area contributed by atoms with Crippen LogP contribution in [0.3, 0.4) is 0 Å². The summed E-state index contributed by atoms with van der Waals surface area (Å²) >= 11 is 0. The fourth-order valence-corrected chi connectivity index (χ4v) is 3.96. The first-order valence-electron chi connectivity index (χ1n) is 9.98. The van der Waals surface area contributed by atoms with Crippen LogP contribution < -0.4 is 15.2 Å². The van der Waals surface area contributed by atoms with Crippen molar-refractivity contribution in [2.45, 2.75) is 25.2 Å². The Morgan fingerprint density at radius 3 is 2.83 bits per heavy atom. The van der Waals surface area contributed by atoms with E-state index in [1.54, 1.807) is 31.4 Å². The number of anilines is 1. The predicted octanol–water partition coefficient (Wildman–Crippen LogP) is 4.21. The number of aromatic nitrogens is 1. The quantitative estimate of drug-likeness (QED) is 0.474. The predicted molar refractivity (Wildman–Crippen MR) is 110 cm³/mol. The van der Waals surface area contributed by atoms with Crippen molar-refractivity contribution in [2.75, 3.05) is 39.1 Å². The van der Waals surface area contributed by atoms with Gasteiger partial charge in [0.05, 0.1) is 24.8 Å². The maximum absolute atomic E-state index is 14.2. The van der Waals surface area contributed by atoms with E-state index in [9.17, 15) is 4.39 Å². The number of nitrogens with two attached hydrogens (primary N) is 1. The minimum atomic E-state index is -0.254. The number of halogens is 1. The SMILES string of the molecule is COc1ccc(N)cc1OCCCN1CCC(c2noc3cccc(F)c23)CC1. The molecule has 1 aliphatic heterocycles. The molecule has 154 valence electrons. The molecular weight excluding hydrogens is 373 g/mol. The summed E-state index contributed by atoms with van der Waals surface area (Å²) < 4.78 is 30.7. The molecule has 0 spiro atoms. The first-order chi connectivity index (χ1) is 14.2. The summed E-state index contributed by atoms with van der Waals surface area (Å²) in [6, 6.07) is 10.3. The van der Waals surface area contributed by atoms with Crippen LogP contribution >= 0.6 is 0 Å². The Labute approximate surface area is 169 Å². The third kappa shape index (κ3) is 4.29. The van der Waals surface area contributed by atoms with Gasteiger partial charge in [0.1, 0.15) is 5.82 Å². The zero-order valence-corrected chi connectivity index (χ0v) is 16.6. The van der Waals surface area contributed by atoms with Crippen LogP contribution in [0.15, 0.2) is 40.9 Å². The Hall–Kier alpha value is -2.80. The maximum Gasteiger partial charge on any atom is 0.170 e. The Morgan fingerprint density at radius 2 is 2.03 bits per heavy atom. The standard InChI is InChI=1S/C22H26FN3O3/c1-27-18-7-6-16(24)14-20(18)28-13-3-10-26-11-8-15(9-12-26)22-21-17(23)4-2-5-19(21)29-25-22/h2,4-7,14-15H,3,8-13,24H2,1H3. The van der Waals surface area contributed by atoms with Crippen molar-refractivity contribution >= 4 is 16.7 Å². The summed E-state index contributed by atoms with van der Waals surface area (Å²) in [5.74, 6) is 1.34. The molecular formula is C22H26FN3O3. The summed E-state index contributed by atoms with van der Waals surface area (Å²) in [4.78, 5) is 2.41. The molecule has 0 saturated carbocycles. The lowest BCUT2D eigenvalue weighted by Crippen LogP contribution is -2.34. The average molecular weight is 399 g/mol. The summed E-state index contributed by atoms with van der Waals surface area (Å²) in [7, 11) is 1.62. The number of piperidine rings is 1. The van der Waals surface area contributed by atoms with Gasteiger partial charge in [-0.05, 0) is 56.6 Å². The van der Waals surface area contributed by atoms with Gasteiger partial charge in [-0.15, -0.1) is 0 Å². The minimum absolute atomic E-state index is 0.234. The van der Waals surface area contributed by atoms with Gasteiger partial charge in [-0.3, -0.25) is 0 Å². The molecule has 7 heteroatoms. The number of benzene rings is 2. The summed E-state index contributed by atoms with van der Waals surface area (Å²) in [5.41, 5.74) is 7.76. The van der Waals surface area contributed by atoms with Gasteiger partial charge in [0, 0.05) is 24.2 Å². The van der Waals surface area contributed by atoms with E-state index in [0.717, 1.165) is 44.6 Å². The van der Waals surface area contributed by atoms with Gasteiger partial charge >= 0.3 is 0 Å². The van der Waals surface area contributed by atoms with Gasteiger partial charge < -0.3 is 24.6 Å². The number of rotatable bonds is 7. The van der Waals surface area contributed by atoms with Gasteiger partial charge in [-0.1, -0.05) is 11.2 Å². The van der Waals surface area contributed by atoms with Crippen LogP contribution in [0, 0.1) is 5.82 Å². The van der Waals surface area contributed by atoms with Crippen LogP contribution in [-0.2, 0) is 0 Å². The molecule has 0 aliphatic carbocycles.